The fourth-order valence-corrected chi connectivity index (χ4v) is 4.53. The van der Waals surface area contributed by atoms with E-state index in [0.717, 1.165) is 32.5 Å². The van der Waals surface area contributed by atoms with Gasteiger partial charge in [0, 0.05) is 23.9 Å². The highest BCUT2D eigenvalue weighted by molar-refractivity contribution is 7.18. The normalized spacial score (nSPS) is 16.3. The highest BCUT2D eigenvalue weighted by Crippen LogP contribution is 2.35. The van der Waals surface area contributed by atoms with Gasteiger partial charge in [-0.15, -0.1) is 21.5 Å². The van der Waals surface area contributed by atoms with Crippen LogP contribution < -0.4 is 15.0 Å². The summed E-state index contributed by atoms with van der Waals surface area (Å²) in [5.41, 5.74) is 0. The maximum absolute atomic E-state index is 13.1. The zero-order chi connectivity index (χ0) is 22.5. The van der Waals surface area contributed by atoms with Gasteiger partial charge in [-0.25, -0.2) is 0 Å². The molecule has 0 aromatic carbocycles. The van der Waals surface area contributed by atoms with Crippen molar-refractivity contribution in [3.63, 3.8) is 0 Å². The number of hydrogen-bond donors (Lipinski definition) is 1. The summed E-state index contributed by atoms with van der Waals surface area (Å²) < 4.78 is 46.2. The number of halogens is 3. The fourth-order valence-electron chi connectivity index (χ4n) is 3.67. The average molecular weight is 467 g/mol. The zero-order valence-corrected chi connectivity index (χ0v) is 18.0. The van der Waals surface area contributed by atoms with Crippen molar-refractivity contribution in [1.29, 1.82) is 0 Å². The summed E-state index contributed by atoms with van der Waals surface area (Å²) in [7, 11) is 0. The molecule has 1 aliphatic carbocycles. The average Bonchev–Trinajstić information content (AvgIpc) is 3.39. The minimum absolute atomic E-state index is 0.0372. The number of alkyl halides is 3. The van der Waals surface area contributed by atoms with E-state index >= 15 is 0 Å². The number of thiophene rings is 1. The number of carbonyl (C=O) groups excluding carboxylic acids is 1. The molecule has 0 radical (unpaired) electrons. The highest BCUT2D eigenvalue weighted by atomic mass is 32.1. The van der Waals surface area contributed by atoms with Crippen LogP contribution in [0.3, 0.4) is 0 Å². The first-order chi connectivity index (χ1) is 15.3. The third kappa shape index (κ3) is 4.08. The Morgan fingerprint density at radius 3 is 2.84 bits per heavy atom. The Bertz CT molecular complexity index is 1170. The molecule has 0 bridgehead atoms. The van der Waals surface area contributed by atoms with Crippen molar-refractivity contribution in [3.8, 4) is 6.01 Å². The number of rotatable bonds is 6. The molecule has 1 saturated carbocycles. The lowest BCUT2D eigenvalue weighted by molar-refractivity contribution is -0.147. The van der Waals surface area contributed by atoms with Gasteiger partial charge in [0.1, 0.15) is 17.3 Å². The molecule has 4 heterocycles. The molecule has 0 saturated heterocycles. The van der Waals surface area contributed by atoms with Crippen LogP contribution in [0, 0.1) is 12.8 Å². The Morgan fingerprint density at radius 1 is 1.28 bits per heavy atom. The molecule has 13 heteroatoms. The zero-order valence-electron chi connectivity index (χ0n) is 17.1. The minimum atomic E-state index is -4.55. The van der Waals surface area contributed by atoms with E-state index in [1.807, 2.05) is 17.9 Å². The summed E-state index contributed by atoms with van der Waals surface area (Å²) in [6.45, 7) is 3.06. The van der Waals surface area contributed by atoms with Crippen LogP contribution in [-0.2, 0) is 24.1 Å². The standard InChI is InChI=1S/C19H20F3N7O2S/c1-10-8-12-14(28-5-6-29-13(9-28)26-27-17(29)19(20,21)22)24-18(25-16(12)32-10)31-7-4-23-15(30)11-2-3-11/h8,11H,2-7,9H2,1H3,(H,23,30). The van der Waals surface area contributed by atoms with Crippen LogP contribution in [0.1, 0.15) is 29.4 Å². The van der Waals surface area contributed by atoms with Gasteiger partial charge in [-0.1, -0.05) is 0 Å². The summed E-state index contributed by atoms with van der Waals surface area (Å²) in [6, 6.07) is 2.12. The summed E-state index contributed by atoms with van der Waals surface area (Å²) in [4.78, 5) is 24.4. The lowest BCUT2D eigenvalue weighted by atomic mass is 10.3. The predicted molar refractivity (Wildman–Crippen MR) is 109 cm³/mol. The van der Waals surface area contributed by atoms with Crippen molar-refractivity contribution in [1.82, 2.24) is 30.0 Å². The Hall–Kier alpha value is -2.96. The van der Waals surface area contributed by atoms with Crippen LogP contribution in [0.2, 0.25) is 0 Å². The number of amides is 1. The molecule has 0 unspecified atom stereocenters. The smallest absolute Gasteiger partial charge is 0.451 e. The summed E-state index contributed by atoms with van der Waals surface area (Å²) in [6.07, 6.45) is -2.68. The van der Waals surface area contributed by atoms with E-state index in [1.54, 1.807) is 0 Å². The number of carbonyl (C=O) groups is 1. The molecule has 170 valence electrons. The molecule has 1 N–H and O–H groups in total. The number of ether oxygens (including phenoxy) is 1. The van der Waals surface area contributed by atoms with E-state index in [0.29, 0.717) is 18.9 Å². The van der Waals surface area contributed by atoms with Crippen molar-refractivity contribution >= 4 is 33.3 Å². The first kappa shape index (κ1) is 20.9. The number of nitrogens with one attached hydrogen (secondary N) is 1. The van der Waals surface area contributed by atoms with Crippen molar-refractivity contribution in [2.45, 2.75) is 39.0 Å². The van der Waals surface area contributed by atoms with E-state index in [2.05, 4.69) is 25.5 Å². The molecule has 3 aromatic rings. The van der Waals surface area contributed by atoms with Crippen molar-refractivity contribution in [2.75, 3.05) is 24.6 Å². The number of aromatic nitrogens is 5. The van der Waals surface area contributed by atoms with Gasteiger partial charge in [0.05, 0.1) is 18.5 Å². The number of nitrogens with zero attached hydrogens (tertiary/aromatic N) is 6. The first-order valence-electron chi connectivity index (χ1n) is 10.2. The molecule has 32 heavy (non-hydrogen) atoms. The first-order valence-corrected chi connectivity index (χ1v) is 11.0. The van der Waals surface area contributed by atoms with E-state index in [-0.39, 0.29) is 43.4 Å². The van der Waals surface area contributed by atoms with Gasteiger partial charge >= 0.3 is 12.2 Å². The molecule has 3 aromatic heterocycles. The van der Waals surface area contributed by atoms with Gasteiger partial charge in [0.25, 0.3) is 0 Å². The summed E-state index contributed by atoms with van der Waals surface area (Å²) in [5.74, 6) is -0.00662. The van der Waals surface area contributed by atoms with E-state index in [4.69, 9.17) is 4.74 Å². The molecule has 0 atom stereocenters. The van der Waals surface area contributed by atoms with Gasteiger partial charge in [-0.2, -0.15) is 23.1 Å². The number of aryl methyl sites for hydroxylation is 1. The second-order valence-corrected chi connectivity index (χ2v) is 9.06. The summed E-state index contributed by atoms with van der Waals surface area (Å²) in [5, 5.41) is 10.7. The summed E-state index contributed by atoms with van der Waals surface area (Å²) >= 11 is 1.48. The maximum Gasteiger partial charge on any atom is 0.451 e. The van der Waals surface area contributed by atoms with E-state index in [9.17, 15) is 18.0 Å². The monoisotopic (exact) mass is 467 g/mol. The Labute approximate surface area is 184 Å². The quantitative estimate of drug-likeness (QED) is 0.557. The largest absolute Gasteiger partial charge is 0.462 e. The molecule has 5 rings (SSSR count). The van der Waals surface area contributed by atoms with Crippen molar-refractivity contribution < 1.29 is 22.7 Å². The number of fused-ring (bicyclic) bond motifs is 2. The van der Waals surface area contributed by atoms with Crippen LogP contribution in [-0.4, -0.2) is 50.3 Å². The molecular weight excluding hydrogens is 447 g/mol. The molecule has 1 amide bonds. The maximum atomic E-state index is 13.1. The SMILES string of the molecule is Cc1cc2c(N3CCn4c(nnc4C(F)(F)F)C3)nc(OCCNC(=O)C3CC3)nc2s1. The third-order valence-corrected chi connectivity index (χ3v) is 6.31. The second kappa shape index (κ2) is 7.87. The van der Waals surface area contributed by atoms with Crippen molar-refractivity contribution in [3.05, 3.63) is 22.6 Å². The molecule has 1 aliphatic heterocycles. The predicted octanol–water partition coefficient (Wildman–Crippen LogP) is 2.54. The van der Waals surface area contributed by atoms with Gasteiger partial charge in [0.2, 0.25) is 11.7 Å². The van der Waals surface area contributed by atoms with E-state index in [1.165, 1.54) is 11.3 Å². The number of hydrogen-bond acceptors (Lipinski definition) is 8. The van der Waals surface area contributed by atoms with Gasteiger partial charge in [-0.05, 0) is 25.8 Å². The third-order valence-electron chi connectivity index (χ3n) is 5.36. The van der Waals surface area contributed by atoms with E-state index < -0.39 is 12.0 Å². The van der Waals surface area contributed by atoms with Crippen molar-refractivity contribution in [2.24, 2.45) is 5.92 Å². The lowest BCUT2D eigenvalue weighted by Crippen LogP contribution is -2.36. The Morgan fingerprint density at radius 2 is 2.09 bits per heavy atom. The van der Waals surface area contributed by atoms with Gasteiger partial charge in [-0.3, -0.25) is 4.79 Å². The van der Waals surface area contributed by atoms with Crippen LogP contribution >= 0.6 is 11.3 Å². The van der Waals surface area contributed by atoms with Gasteiger partial charge in [0.15, 0.2) is 5.82 Å². The minimum Gasteiger partial charge on any atom is -0.462 e. The Balaban J connectivity index is 1.36. The topological polar surface area (TPSA) is 98.1 Å². The number of anilines is 1. The molecule has 1 fully saturated rings. The lowest BCUT2D eigenvalue weighted by Gasteiger charge is -2.29. The Kier molecular flexibility index (Phi) is 5.14. The van der Waals surface area contributed by atoms with Crippen LogP contribution in [0.4, 0.5) is 19.0 Å². The van der Waals surface area contributed by atoms with Gasteiger partial charge < -0.3 is 19.5 Å². The second-order valence-electron chi connectivity index (χ2n) is 7.83. The molecule has 2 aliphatic rings. The molecular formula is C19H20F3N7O2S. The highest BCUT2D eigenvalue weighted by Gasteiger charge is 2.39. The van der Waals surface area contributed by atoms with Crippen LogP contribution in [0.5, 0.6) is 6.01 Å². The van der Waals surface area contributed by atoms with Crippen LogP contribution in [0.15, 0.2) is 6.07 Å². The fraction of sp³-hybridized carbons (Fsp3) is 0.526. The molecule has 9 nitrogen and oxygen atoms in total. The van der Waals surface area contributed by atoms with Crippen LogP contribution in [0.25, 0.3) is 10.2 Å². The molecule has 0 spiro atoms.